The maximum absolute atomic E-state index is 4.64. The van der Waals surface area contributed by atoms with Gasteiger partial charge in [0.15, 0.2) is 0 Å². The maximum Gasteiger partial charge on any atom is 0.0627 e. The fraction of sp³-hybridized carbons (Fsp3) is 0.500. The number of nitrogens with one attached hydrogen (secondary N) is 1. The summed E-state index contributed by atoms with van der Waals surface area (Å²) in [6, 6.07) is 10.7. The van der Waals surface area contributed by atoms with Crippen LogP contribution in [0.2, 0.25) is 0 Å². The number of halogens is 1. The monoisotopic (exact) mass is 361 g/mol. The molecule has 0 saturated heterocycles. The molecule has 2 aromatic rings. The predicted molar refractivity (Wildman–Crippen MR) is 95.4 cm³/mol. The highest BCUT2D eigenvalue weighted by molar-refractivity contribution is 9.10. The van der Waals surface area contributed by atoms with Crippen molar-refractivity contribution in [3.63, 3.8) is 0 Å². The Morgan fingerprint density at radius 2 is 2.09 bits per heavy atom. The lowest BCUT2D eigenvalue weighted by Gasteiger charge is -2.06. The number of hydrogen-bond donors (Lipinski definition) is 1. The molecule has 118 valence electrons. The number of benzene rings is 1. The molecule has 1 saturated carbocycles. The molecule has 1 N–H and O–H groups in total. The Morgan fingerprint density at radius 1 is 1.23 bits per heavy atom. The largest absolute Gasteiger partial charge is 0.385 e. The van der Waals surface area contributed by atoms with Gasteiger partial charge in [-0.25, -0.2) is 0 Å². The molecule has 1 aliphatic rings. The molecule has 0 atom stereocenters. The zero-order chi connectivity index (χ0) is 15.4. The van der Waals surface area contributed by atoms with Crippen molar-refractivity contribution < 1.29 is 0 Å². The molecule has 22 heavy (non-hydrogen) atoms. The Balaban J connectivity index is 1.33. The molecule has 0 radical (unpaired) electrons. The van der Waals surface area contributed by atoms with E-state index in [1.165, 1.54) is 49.2 Å². The van der Waals surface area contributed by atoms with Gasteiger partial charge < -0.3 is 5.32 Å². The van der Waals surface area contributed by atoms with Crippen LogP contribution >= 0.6 is 15.9 Å². The van der Waals surface area contributed by atoms with E-state index in [1.54, 1.807) is 0 Å². The van der Waals surface area contributed by atoms with Crippen LogP contribution in [0.15, 0.2) is 34.8 Å². The summed E-state index contributed by atoms with van der Waals surface area (Å²) in [6.07, 6.45) is 7.48. The van der Waals surface area contributed by atoms with E-state index in [0.29, 0.717) is 0 Å². The number of aromatic nitrogens is 2. The Morgan fingerprint density at radius 3 is 2.86 bits per heavy atom. The molecule has 0 unspecified atom stereocenters. The molecule has 4 heteroatoms. The molecule has 3 rings (SSSR count). The molecule has 1 heterocycles. The van der Waals surface area contributed by atoms with Gasteiger partial charge in [-0.1, -0.05) is 28.4 Å². The standard InChI is InChI=1S/C18H24BrN3/c1-22-18(14-9-10-14)13-17(21-22)7-3-2-4-11-20-16-8-5-6-15(19)12-16/h5-6,8,12-14,20H,2-4,7,9-11H2,1H3. The highest BCUT2D eigenvalue weighted by atomic mass is 79.9. The molecule has 0 aliphatic heterocycles. The highest BCUT2D eigenvalue weighted by Crippen LogP contribution is 2.40. The summed E-state index contributed by atoms with van der Waals surface area (Å²) in [5.41, 5.74) is 3.89. The molecule has 3 nitrogen and oxygen atoms in total. The van der Waals surface area contributed by atoms with Crippen LogP contribution in [0.5, 0.6) is 0 Å². The predicted octanol–water partition coefficient (Wildman–Crippen LogP) is 4.88. The Bertz CT molecular complexity index is 617. The summed E-state index contributed by atoms with van der Waals surface area (Å²) >= 11 is 3.50. The van der Waals surface area contributed by atoms with Crippen molar-refractivity contribution >= 4 is 21.6 Å². The van der Waals surface area contributed by atoms with Crippen molar-refractivity contribution in [2.75, 3.05) is 11.9 Å². The van der Waals surface area contributed by atoms with Crippen molar-refractivity contribution in [2.24, 2.45) is 7.05 Å². The average molecular weight is 362 g/mol. The number of hydrogen-bond acceptors (Lipinski definition) is 2. The Hall–Kier alpha value is -1.29. The van der Waals surface area contributed by atoms with E-state index in [1.807, 2.05) is 6.07 Å². The van der Waals surface area contributed by atoms with Gasteiger partial charge >= 0.3 is 0 Å². The Kier molecular flexibility index (Phi) is 5.19. The van der Waals surface area contributed by atoms with Crippen molar-refractivity contribution in [1.82, 2.24) is 9.78 Å². The van der Waals surface area contributed by atoms with Crippen LogP contribution in [0.25, 0.3) is 0 Å². The number of aryl methyl sites for hydroxylation is 2. The third-order valence-electron chi connectivity index (χ3n) is 4.23. The summed E-state index contributed by atoms with van der Waals surface area (Å²) in [7, 11) is 2.08. The SMILES string of the molecule is Cn1nc(CCCCCNc2cccc(Br)c2)cc1C1CC1. The van der Waals surface area contributed by atoms with Gasteiger partial charge in [-0.15, -0.1) is 0 Å². The summed E-state index contributed by atoms with van der Waals surface area (Å²) in [4.78, 5) is 0. The van der Waals surface area contributed by atoms with Gasteiger partial charge in [0, 0.05) is 35.4 Å². The van der Waals surface area contributed by atoms with Gasteiger partial charge in [-0.2, -0.15) is 5.10 Å². The van der Waals surface area contributed by atoms with Crippen LogP contribution in [-0.4, -0.2) is 16.3 Å². The number of unbranched alkanes of at least 4 members (excludes halogenated alkanes) is 2. The van der Waals surface area contributed by atoms with E-state index in [-0.39, 0.29) is 0 Å². The van der Waals surface area contributed by atoms with E-state index in [4.69, 9.17) is 0 Å². The smallest absolute Gasteiger partial charge is 0.0627 e. The van der Waals surface area contributed by atoms with Gasteiger partial charge in [0.1, 0.15) is 0 Å². The van der Waals surface area contributed by atoms with E-state index in [9.17, 15) is 0 Å². The average Bonchev–Trinajstić information content (AvgIpc) is 3.27. The van der Waals surface area contributed by atoms with Gasteiger partial charge in [-0.3, -0.25) is 4.68 Å². The van der Waals surface area contributed by atoms with E-state index >= 15 is 0 Å². The third-order valence-corrected chi connectivity index (χ3v) is 4.72. The molecule has 0 spiro atoms. The summed E-state index contributed by atoms with van der Waals surface area (Å²) in [6.45, 7) is 1.03. The minimum absolute atomic E-state index is 0.792. The third kappa shape index (κ3) is 4.35. The van der Waals surface area contributed by atoms with Gasteiger partial charge in [0.25, 0.3) is 0 Å². The molecule has 1 fully saturated rings. The zero-order valence-electron chi connectivity index (χ0n) is 13.2. The molecule has 1 aromatic carbocycles. The highest BCUT2D eigenvalue weighted by Gasteiger charge is 2.26. The van der Waals surface area contributed by atoms with Crippen molar-refractivity contribution in [1.29, 1.82) is 0 Å². The van der Waals surface area contributed by atoms with E-state index in [2.05, 4.69) is 62.3 Å². The van der Waals surface area contributed by atoms with Crippen molar-refractivity contribution in [3.8, 4) is 0 Å². The fourth-order valence-corrected chi connectivity index (χ4v) is 3.27. The minimum atomic E-state index is 0.792. The number of rotatable bonds is 8. The summed E-state index contributed by atoms with van der Waals surface area (Å²) in [5, 5.41) is 8.11. The quantitative estimate of drug-likeness (QED) is 0.678. The van der Waals surface area contributed by atoms with Crippen molar-refractivity contribution in [2.45, 2.75) is 44.4 Å². The van der Waals surface area contributed by atoms with Gasteiger partial charge in [0.2, 0.25) is 0 Å². The second kappa shape index (κ2) is 7.32. The first-order valence-corrected chi connectivity index (χ1v) is 9.04. The number of nitrogens with zero attached hydrogens (tertiary/aromatic N) is 2. The molecule has 0 amide bonds. The van der Waals surface area contributed by atoms with Crippen LogP contribution < -0.4 is 5.32 Å². The zero-order valence-corrected chi connectivity index (χ0v) is 14.8. The first-order valence-electron chi connectivity index (χ1n) is 8.24. The van der Waals surface area contributed by atoms with Gasteiger partial charge in [0.05, 0.1) is 5.69 Å². The first kappa shape index (κ1) is 15.6. The molecule has 1 aliphatic carbocycles. The normalized spacial score (nSPS) is 14.3. The molecule has 0 bridgehead atoms. The second-order valence-corrected chi connectivity index (χ2v) is 7.12. The van der Waals surface area contributed by atoms with Crippen LogP contribution in [0.4, 0.5) is 5.69 Å². The van der Waals surface area contributed by atoms with Crippen LogP contribution in [0.3, 0.4) is 0 Å². The first-order chi connectivity index (χ1) is 10.7. The lowest BCUT2D eigenvalue weighted by Crippen LogP contribution is -2.01. The Labute approximate surface area is 141 Å². The summed E-state index contributed by atoms with van der Waals surface area (Å²) < 4.78 is 3.21. The maximum atomic E-state index is 4.64. The molecular formula is C18H24BrN3. The second-order valence-electron chi connectivity index (χ2n) is 6.21. The molecular weight excluding hydrogens is 338 g/mol. The number of anilines is 1. The lowest BCUT2D eigenvalue weighted by molar-refractivity contribution is 0.662. The van der Waals surface area contributed by atoms with Crippen LogP contribution in [0.1, 0.15) is 49.4 Å². The van der Waals surface area contributed by atoms with E-state index < -0.39 is 0 Å². The molecule has 1 aromatic heterocycles. The van der Waals surface area contributed by atoms with Gasteiger partial charge in [-0.05, 0) is 56.4 Å². The van der Waals surface area contributed by atoms with Crippen LogP contribution in [0, 0.1) is 0 Å². The van der Waals surface area contributed by atoms with Crippen molar-refractivity contribution in [3.05, 3.63) is 46.2 Å². The van der Waals surface area contributed by atoms with Crippen LogP contribution in [-0.2, 0) is 13.5 Å². The summed E-state index contributed by atoms with van der Waals surface area (Å²) in [5.74, 6) is 0.792. The minimum Gasteiger partial charge on any atom is -0.385 e. The topological polar surface area (TPSA) is 29.9 Å². The lowest BCUT2D eigenvalue weighted by atomic mass is 10.1. The fourth-order valence-electron chi connectivity index (χ4n) is 2.87. The van der Waals surface area contributed by atoms with E-state index in [0.717, 1.165) is 23.4 Å².